The number of thiol groups is 1. The predicted molar refractivity (Wildman–Crippen MR) is 46.9 cm³/mol. The second-order valence-corrected chi connectivity index (χ2v) is 4.26. The van der Waals surface area contributed by atoms with E-state index in [4.69, 9.17) is 0 Å². The summed E-state index contributed by atoms with van der Waals surface area (Å²) in [6, 6.07) is 0. The van der Waals surface area contributed by atoms with Crippen LogP contribution in [0.15, 0.2) is 0 Å². The Hall–Kier alpha value is -0.170. The zero-order chi connectivity index (χ0) is 9.61. The minimum atomic E-state index is -2.62. The van der Waals surface area contributed by atoms with Gasteiger partial charge in [0.05, 0.1) is 34.3 Å². The molecule has 74 valence electrons. The van der Waals surface area contributed by atoms with E-state index in [1.165, 1.54) is 0 Å². The van der Waals surface area contributed by atoms with E-state index in [0.717, 1.165) is 17.4 Å². The van der Waals surface area contributed by atoms with Crippen molar-refractivity contribution in [1.29, 1.82) is 0 Å². The van der Waals surface area contributed by atoms with Gasteiger partial charge in [0.25, 0.3) is 0 Å². The maximum Gasteiger partial charge on any atom is 0.223 e. The van der Waals surface area contributed by atoms with Gasteiger partial charge < -0.3 is 4.48 Å². The molecule has 0 unspecified atom stereocenters. The van der Waals surface area contributed by atoms with E-state index < -0.39 is 10.9 Å². The molecule has 1 N–H and O–H groups in total. The zero-order valence-electron chi connectivity index (χ0n) is 7.74. The SMILES string of the molecule is C[N+](C)(C)CCCON[SH](=O)=O. The van der Waals surface area contributed by atoms with Crippen molar-refractivity contribution in [3.05, 3.63) is 0 Å². The highest BCUT2D eigenvalue weighted by Crippen LogP contribution is 1.92. The van der Waals surface area contributed by atoms with Gasteiger partial charge >= 0.3 is 0 Å². The van der Waals surface area contributed by atoms with Crippen LogP contribution < -0.4 is 4.89 Å². The molecule has 0 saturated heterocycles. The average molecular weight is 197 g/mol. The molecule has 0 heterocycles. The van der Waals surface area contributed by atoms with Crippen molar-refractivity contribution in [2.45, 2.75) is 6.42 Å². The van der Waals surface area contributed by atoms with Crippen LogP contribution in [0.5, 0.6) is 0 Å². The Bertz CT molecular complexity index is 178. The van der Waals surface area contributed by atoms with E-state index in [-0.39, 0.29) is 0 Å². The highest BCUT2D eigenvalue weighted by atomic mass is 32.2. The quantitative estimate of drug-likeness (QED) is 0.252. The van der Waals surface area contributed by atoms with Crippen molar-refractivity contribution in [1.82, 2.24) is 4.89 Å². The first-order valence-electron chi connectivity index (χ1n) is 3.74. The van der Waals surface area contributed by atoms with Crippen LogP contribution in [0.4, 0.5) is 0 Å². The van der Waals surface area contributed by atoms with E-state index in [9.17, 15) is 8.42 Å². The molecule has 0 spiro atoms. The molecule has 0 aromatic heterocycles. The van der Waals surface area contributed by atoms with Crippen LogP contribution >= 0.6 is 0 Å². The van der Waals surface area contributed by atoms with Crippen molar-refractivity contribution in [2.24, 2.45) is 0 Å². The summed E-state index contributed by atoms with van der Waals surface area (Å²) in [5.41, 5.74) is 0. The Kier molecular flexibility index (Phi) is 5.39. The summed E-state index contributed by atoms with van der Waals surface area (Å²) in [4.78, 5) is 6.51. The van der Waals surface area contributed by atoms with Crippen LogP contribution in [0.1, 0.15) is 6.42 Å². The molecule has 5 nitrogen and oxygen atoms in total. The molecule has 0 amide bonds. The molecular weight excluding hydrogens is 180 g/mol. The minimum Gasteiger partial charge on any atom is -0.331 e. The first-order chi connectivity index (χ1) is 5.42. The van der Waals surface area contributed by atoms with Crippen LogP contribution in [0.25, 0.3) is 0 Å². The standard InChI is InChI=1S/C6H17N2O3S/c1-8(2,3)5-4-6-11-7-12(9)10/h12H,4-6H2,1-3H3,(H,7,9,10)/q+1. The van der Waals surface area contributed by atoms with Crippen LogP contribution in [0, 0.1) is 0 Å². The molecule has 0 aliphatic rings. The average Bonchev–Trinajstić information content (AvgIpc) is 1.83. The maximum absolute atomic E-state index is 9.96. The second-order valence-electron chi connectivity index (χ2n) is 3.56. The minimum absolute atomic E-state index is 0.416. The highest BCUT2D eigenvalue weighted by molar-refractivity contribution is 7.70. The Balaban J connectivity index is 3.22. The smallest absolute Gasteiger partial charge is 0.223 e. The summed E-state index contributed by atoms with van der Waals surface area (Å²) in [6.07, 6.45) is 0.833. The summed E-state index contributed by atoms with van der Waals surface area (Å²) in [7, 11) is 3.59. The van der Waals surface area contributed by atoms with E-state index in [2.05, 4.69) is 26.0 Å². The third-order valence-corrected chi connectivity index (χ3v) is 1.49. The molecule has 0 atom stereocenters. The zero-order valence-corrected chi connectivity index (χ0v) is 8.63. The lowest BCUT2D eigenvalue weighted by Gasteiger charge is -2.23. The summed E-state index contributed by atoms with van der Waals surface area (Å²) in [6.45, 7) is 1.37. The number of rotatable bonds is 6. The first-order valence-corrected chi connectivity index (χ1v) is 4.92. The van der Waals surface area contributed by atoms with Gasteiger partial charge in [-0.3, -0.25) is 4.84 Å². The van der Waals surface area contributed by atoms with Crippen LogP contribution in [-0.4, -0.2) is 47.2 Å². The van der Waals surface area contributed by atoms with Gasteiger partial charge in [-0.15, -0.1) is 0 Å². The van der Waals surface area contributed by atoms with E-state index >= 15 is 0 Å². The molecule has 0 aromatic carbocycles. The van der Waals surface area contributed by atoms with Crippen LogP contribution in [-0.2, 0) is 15.7 Å². The molecule has 0 bridgehead atoms. The molecule has 0 fully saturated rings. The fourth-order valence-electron chi connectivity index (χ4n) is 0.709. The normalized spacial score (nSPS) is 12.3. The lowest BCUT2D eigenvalue weighted by atomic mass is 10.4. The largest absolute Gasteiger partial charge is 0.331 e. The maximum atomic E-state index is 9.96. The van der Waals surface area contributed by atoms with Gasteiger partial charge in [-0.25, -0.2) is 8.42 Å². The lowest BCUT2D eigenvalue weighted by Crippen LogP contribution is -2.36. The molecule has 0 aliphatic heterocycles. The van der Waals surface area contributed by atoms with E-state index in [1.807, 2.05) is 4.89 Å². The molecule has 0 radical (unpaired) electrons. The van der Waals surface area contributed by atoms with Crippen molar-refractivity contribution in [2.75, 3.05) is 34.3 Å². The third kappa shape index (κ3) is 9.83. The Labute approximate surface area is 74.9 Å². The molecule has 0 saturated carbocycles. The third-order valence-electron chi connectivity index (χ3n) is 1.21. The van der Waals surface area contributed by atoms with E-state index in [1.54, 1.807) is 0 Å². The van der Waals surface area contributed by atoms with Gasteiger partial charge in [0.1, 0.15) is 0 Å². The summed E-state index contributed by atoms with van der Waals surface area (Å²) >= 11 is 0. The van der Waals surface area contributed by atoms with Crippen molar-refractivity contribution in [3.63, 3.8) is 0 Å². The molecular formula is C6H17N2O3S+. The molecule has 12 heavy (non-hydrogen) atoms. The van der Waals surface area contributed by atoms with Crippen LogP contribution in [0.3, 0.4) is 0 Å². The second kappa shape index (κ2) is 5.47. The topological polar surface area (TPSA) is 55.4 Å². The fraction of sp³-hybridized carbons (Fsp3) is 1.00. The van der Waals surface area contributed by atoms with Crippen molar-refractivity contribution >= 4 is 10.9 Å². The molecule has 0 rings (SSSR count). The summed E-state index contributed by atoms with van der Waals surface area (Å²) in [5, 5.41) is 0. The molecule has 6 heteroatoms. The number of hydrogen-bond donors (Lipinski definition) is 2. The van der Waals surface area contributed by atoms with Crippen molar-refractivity contribution in [3.8, 4) is 0 Å². The lowest BCUT2D eigenvalue weighted by molar-refractivity contribution is -0.870. The number of nitrogens with zero attached hydrogens (tertiary/aromatic N) is 1. The van der Waals surface area contributed by atoms with Gasteiger partial charge in [0.2, 0.25) is 10.9 Å². The monoisotopic (exact) mass is 197 g/mol. The number of hydrogen-bond acceptors (Lipinski definition) is 3. The predicted octanol–water partition coefficient (Wildman–Crippen LogP) is -0.870. The molecule has 0 aromatic rings. The van der Waals surface area contributed by atoms with Gasteiger partial charge in [0, 0.05) is 6.42 Å². The number of quaternary nitrogens is 1. The van der Waals surface area contributed by atoms with Gasteiger partial charge in [0.15, 0.2) is 0 Å². The fourth-order valence-corrected chi connectivity index (χ4v) is 0.906. The van der Waals surface area contributed by atoms with Crippen LogP contribution in [0.2, 0.25) is 0 Å². The molecule has 0 aliphatic carbocycles. The Morgan fingerprint density at radius 1 is 1.33 bits per heavy atom. The first kappa shape index (κ1) is 11.8. The summed E-state index contributed by atoms with van der Waals surface area (Å²) < 4.78 is 20.8. The van der Waals surface area contributed by atoms with E-state index in [0.29, 0.717) is 6.61 Å². The Morgan fingerprint density at radius 3 is 2.33 bits per heavy atom. The van der Waals surface area contributed by atoms with Gasteiger partial charge in [-0.2, -0.15) is 0 Å². The van der Waals surface area contributed by atoms with Gasteiger partial charge in [-0.05, 0) is 0 Å². The highest BCUT2D eigenvalue weighted by Gasteiger charge is 2.05. The number of nitrogens with one attached hydrogen (secondary N) is 1. The summed E-state index contributed by atoms with van der Waals surface area (Å²) in [5.74, 6) is 0. The Morgan fingerprint density at radius 2 is 1.92 bits per heavy atom. The van der Waals surface area contributed by atoms with Gasteiger partial charge in [-0.1, -0.05) is 4.89 Å². The van der Waals surface area contributed by atoms with Crippen molar-refractivity contribution < 1.29 is 17.7 Å².